The average molecular weight is 612 g/mol. The highest BCUT2D eigenvalue weighted by Crippen LogP contribution is 2.54. The third-order valence-electron chi connectivity index (χ3n) is 8.24. The van der Waals surface area contributed by atoms with Crippen molar-refractivity contribution in [2.45, 2.75) is 78.0 Å². The number of ether oxygens (including phenoxy) is 1. The molecule has 0 bridgehead atoms. The van der Waals surface area contributed by atoms with Gasteiger partial charge in [0.15, 0.2) is 23.1 Å². The molecule has 0 spiro atoms. The zero-order valence-corrected chi connectivity index (χ0v) is 26.6. The maximum atomic E-state index is 13.9. The van der Waals surface area contributed by atoms with E-state index in [0.29, 0.717) is 41.1 Å². The van der Waals surface area contributed by atoms with Crippen molar-refractivity contribution in [3.63, 3.8) is 0 Å². The number of rotatable bonds is 7. The van der Waals surface area contributed by atoms with Gasteiger partial charge in [-0.1, -0.05) is 45.4 Å². The average Bonchev–Trinajstić information content (AvgIpc) is 2.87. The Hall–Kier alpha value is -3.10. The monoisotopic (exact) mass is 611 g/mol. The maximum Gasteiger partial charge on any atom is 0.339 e. The van der Waals surface area contributed by atoms with E-state index >= 15 is 0 Å². The van der Waals surface area contributed by atoms with Crippen LogP contribution in [0.25, 0.3) is 0 Å². The number of allylic oxidation sites excluding steroid dienone is 4. The summed E-state index contributed by atoms with van der Waals surface area (Å²) in [6.45, 7) is 13.2. The number of benzene rings is 2. The molecule has 1 aliphatic heterocycles. The lowest BCUT2D eigenvalue weighted by atomic mass is 9.63. The molecule has 0 saturated carbocycles. The summed E-state index contributed by atoms with van der Waals surface area (Å²) in [6, 6.07) is 10.7. The summed E-state index contributed by atoms with van der Waals surface area (Å²) in [6.07, 6.45) is 2.23. The second kappa shape index (κ2) is 10.9. The first kappa shape index (κ1) is 30.4. The first-order valence-electron chi connectivity index (χ1n) is 14.4. The fourth-order valence-electron chi connectivity index (χ4n) is 6.57. The molecule has 0 saturated heterocycles. The van der Waals surface area contributed by atoms with Crippen LogP contribution in [-0.4, -0.2) is 38.0 Å². The van der Waals surface area contributed by atoms with E-state index in [2.05, 4.69) is 39.5 Å². The van der Waals surface area contributed by atoms with Gasteiger partial charge in [0, 0.05) is 52.9 Å². The number of carbonyl (C=O) groups is 2. The Kier molecular flexibility index (Phi) is 7.86. The molecule has 0 aromatic heterocycles. The molecule has 1 heterocycles. The Bertz CT molecular complexity index is 1560. The number of carbonyl (C=O) groups excluding carboxylic acids is 2. The molecule has 2 aromatic rings. The minimum Gasteiger partial charge on any atom is -0.490 e. The van der Waals surface area contributed by atoms with E-state index < -0.39 is 16.0 Å². The van der Waals surface area contributed by atoms with Gasteiger partial charge in [-0.2, -0.15) is 8.42 Å². The Morgan fingerprint density at radius 3 is 1.88 bits per heavy atom. The van der Waals surface area contributed by atoms with Gasteiger partial charge in [-0.3, -0.25) is 9.59 Å². The molecule has 224 valence electrons. The number of halogens is 1. The SMILES string of the molecule is CCOc1cc(C2C3=C(CC(C)(C)CC3=O)N(CC)C3=C2C(=O)CC(C)(C)C3)ccc1OS(=O)(=O)c1ccc(Cl)cc1. The molecule has 9 heteroatoms. The van der Waals surface area contributed by atoms with Gasteiger partial charge in [-0.15, -0.1) is 0 Å². The van der Waals surface area contributed by atoms with E-state index in [1.807, 2.05) is 0 Å². The Labute approximate surface area is 253 Å². The molecular weight excluding hydrogens is 574 g/mol. The van der Waals surface area contributed by atoms with Crippen LogP contribution in [0.4, 0.5) is 0 Å². The van der Waals surface area contributed by atoms with Gasteiger partial charge in [-0.05, 0) is 79.5 Å². The van der Waals surface area contributed by atoms with Crippen LogP contribution in [0.1, 0.15) is 78.7 Å². The summed E-state index contributed by atoms with van der Waals surface area (Å²) in [5.41, 5.74) is 3.58. The zero-order valence-electron chi connectivity index (χ0n) is 25.0. The number of ketones is 2. The Morgan fingerprint density at radius 1 is 0.833 bits per heavy atom. The Balaban J connectivity index is 1.66. The van der Waals surface area contributed by atoms with Gasteiger partial charge in [0.1, 0.15) is 4.90 Å². The van der Waals surface area contributed by atoms with Crippen LogP contribution < -0.4 is 8.92 Å². The summed E-state index contributed by atoms with van der Waals surface area (Å²) in [5.74, 6) is -0.236. The molecule has 0 N–H and O–H groups in total. The largest absolute Gasteiger partial charge is 0.490 e. The molecule has 7 nitrogen and oxygen atoms in total. The maximum absolute atomic E-state index is 13.9. The van der Waals surface area contributed by atoms with E-state index in [1.54, 1.807) is 25.1 Å². The predicted molar refractivity (Wildman–Crippen MR) is 162 cm³/mol. The lowest BCUT2D eigenvalue weighted by Gasteiger charge is -2.48. The molecule has 0 atom stereocenters. The minimum absolute atomic E-state index is 0.0251. The van der Waals surface area contributed by atoms with Crippen LogP contribution >= 0.6 is 11.6 Å². The van der Waals surface area contributed by atoms with Crippen molar-refractivity contribution < 1.29 is 26.9 Å². The number of hydrogen-bond donors (Lipinski definition) is 0. The first-order chi connectivity index (χ1) is 19.7. The second-order valence-corrected chi connectivity index (χ2v) is 14.9. The van der Waals surface area contributed by atoms with Gasteiger partial charge in [-0.25, -0.2) is 0 Å². The standard InChI is InChI=1S/C33H38ClNO6S/c1-7-35-23-16-32(3,4)18-25(36)30(23)29(31-24(35)17-33(5,6)19-26(31)37)20-9-14-27(28(15-20)40-8-2)41-42(38,39)22-12-10-21(34)11-13-22/h9-15,29H,7-8,16-19H2,1-6H3. The summed E-state index contributed by atoms with van der Waals surface area (Å²) in [7, 11) is -4.17. The van der Waals surface area contributed by atoms with E-state index in [9.17, 15) is 18.0 Å². The molecule has 2 aromatic carbocycles. The molecule has 0 radical (unpaired) electrons. The van der Waals surface area contributed by atoms with Crippen molar-refractivity contribution >= 4 is 33.3 Å². The lowest BCUT2D eigenvalue weighted by Crippen LogP contribution is -2.44. The van der Waals surface area contributed by atoms with E-state index in [-0.39, 0.29) is 45.4 Å². The molecule has 0 amide bonds. The van der Waals surface area contributed by atoms with Crippen molar-refractivity contribution in [3.8, 4) is 11.5 Å². The van der Waals surface area contributed by atoms with Crippen LogP contribution in [-0.2, 0) is 19.7 Å². The fraction of sp³-hybridized carbons (Fsp3) is 0.455. The normalized spacial score (nSPS) is 20.4. The highest BCUT2D eigenvalue weighted by atomic mass is 35.5. The van der Waals surface area contributed by atoms with Crippen molar-refractivity contribution in [3.05, 3.63) is 75.6 Å². The van der Waals surface area contributed by atoms with Crippen LogP contribution in [0.3, 0.4) is 0 Å². The van der Waals surface area contributed by atoms with Crippen molar-refractivity contribution in [2.75, 3.05) is 13.2 Å². The first-order valence-corrected chi connectivity index (χ1v) is 16.2. The van der Waals surface area contributed by atoms with Gasteiger partial charge >= 0.3 is 10.1 Å². The summed E-state index contributed by atoms with van der Waals surface area (Å²) in [4.78, 5) is 29.9. The van der Waals surface area contributed by atoms with Crippen molar-refractivity contribution in [1.82, 2.24) is 4.90 Å². The molecule has 3 aliphatic rings. The molecule has 0 unspecified atom stereocenters. The fourth-order valence-corrected chi connectivity index (χ4v) is 7.64. The number of hydrogen-bond acceptors (Lipinski definition) is 7. The van der Waals surface area contributed by atoms with Gasteiger partial charge in [0.2, 0.25) is 0 Å². The quantitative estimate of drug-likeness (QED) is 0.306. The third-order valence-corrected chi connectivity index (χ3v) is 9.74. The van der Waals surface area contributed by atoms with E-state index in [1.165, 1.54) is 24.3 Å². The number of nitrogens with zero attached hydrogens (tertiary/aromatic N) is 1. The van der Waals surface area contributed by atoms with E-state index in [0.717, 1.165) is 24.2 Å². The van der Waals surface area contributed by atoms with Crippen LogP contribution in [0, 0.1) is 10.8 Å². The van der Waals surface area contributed by atoms with E-state index in [4.69, 9.17) is 20.5 Å². The molecule has 42 heavy (non-hydrogen) atoms. The lowest BCUT2D eigenvalue weighted by molar-refractivity contribution is -0.119. The van der Waals surface area contributed by atoms with Crippen molar-refractivity contribution in [1.29, 1.82) is 0 Å². The molecule has 2 aliphatic carbocycles. The summed E-state index contributed by atoms with van der Waals surface area (Å²) in [5, 5.41) is 0.408. The smallest absolute Gasteiger partial charge is 0.339 e. The zero-order chi connectivity index (χ0) is 30.6. The second-order valence-electron chi connectivity index (χ2n) is 12.9. The van der Waals surface area contributed by atoms with Crippen LogP contribution in [0.5, 0.6) is 11.5 Å². The molecular formula is C33H38ClNO6S. The molecule has 0 fully saturated rings. The van der Waals surface area contributed by atoms with Crippen LogP contribution in [0.15, 0.2) is 69.9 Å². The topological polar surface area (TPSA) is 90.0 Å². The minimum atomic E-state index is -4.17. The van der Waals surface area contributed by atoms with Gasteiger partial charge < -0.3 is 13.8 Å². The van der Waals surface area contributed by atoms with Gasteiger partial charge in [0.05, 0.1) is 6.61 Å². The van der Waals surface area contributed by atoms with Gasteiger partial charge in [0.25, 0.3) is 0 Å². The highest BCUT2D eigenvalue weighted by Gasteiger charge is 2.48. The van der Waals surface area contributed by atoms with Crippen LogP contribution in [0.2, 0.25) is 5.02 Å². The highest BCUT2D eigenvalue weighted by molar-refractivity contribution is 7.87. The summed E-state index contributed by atoms with van der Waals surface area (Å²) >= 11 is 5.93. The predicted octanol–water partition coefficient (Wildman–Crippen LogP) is 7.21. The number of Topliss-reactive ketones (excluding diaryl/α,β-unsaturated/α-hetero) is 2. The summed E-state index contributed by atoms with van der Waals surface area (Å²) < 4.78 is 37.6. The Morgan fingerprint density at radius 2 is 1.38 bits per heavy atom. The third kappa shape index (κ3) is 5.63. The molecule has 5 rings (SSSR count). The van der Waals surface area contributed by atoms with Crippen molar-refractivity contribution in [2.24, 2.45) is 10.8 Å².